The molecule has 0 N–H and O–H groups in total. The van der Waals surface area contributed by atoms with Crippen LogP contribution >= 0.6 is 0 Å². The number of benzene rings is 1. The summed E-state index contributed by atoms with van der Waals surface area (Å²) in [6, 6.07) is 5.81. The van der Waals surface area contributed by atoms with Gasteiger partial charge in [-0.15, -0.1) is 0 Å². The van der Waals surface area contributed by atoms with E-state index in [4.69, 9.17) is 9.47 Å². The Labute approximate surface area is 149 Å². The lowest BCUT2D eigenvalue weighted by atomic mass is 9.69. The van der Waals surface area contributed by atoms with Crippen molar-refractivity contribution in [2.24, 2.45) is 23.7 Å². The molecule has 2 saturated carbocycles. The van der Waals surface area contributed by atoms with Gasteiger partial charge in [0.1, 0.15) is 11.6 Å². The fraction of sp³-hybridized carbons (Fsp3) is 0.667. The van der Waals surface area contributed by atoms with Crippen LogP contribution in [0.1, 0.15) is 51.4 Å². The monoisotopic (exact) mass is 348 g/mol. The smallest absolute Gasteiger partial charge is 0.314 e. The molecule has 138 valence electrons. The molecule has 0 spiro atoms. The first-order valence-corrected chi connectivity index (χ1v) is 9.62. The van der Waals surface area contributed by atoms with E-state index in [1.165, 1.54) is 37.8 Å². The van der Waals surface area contributed by atoms with Crippen molar-refractivity contribution in [1.29, 1.82) is 0 Å². The minimum Gasteiger partial charge on any atom is -0.426 e. The largest absolute Gasteiger partial charge is 0.426 e. The Balaban J connectivity index is 1.43. The molecule has 0 amide bonds. The summed E-state index contributed by atoms with van der Waals surface area (Å²) < 4.78 is 23.8. The number of carbonyl (C=O) groups excluding carboxylic acids is 1. The zero-order valence-electron chi connectivity index (χ0n) is 15.1. The van der Waals surface area contributed by atoms with Crippen molar-refractivity contribution in [1.82, 2.24) is 0 Å². The molecule has 25 heavy (non-hydrogen) atoms. The van der Waals surface area contributed by atoms with E-state index < -0.39 is 0 Å². The van der Waals surface area contributed by atoms with Crippen molar-refractivity contribution in [3.8, 4) is 5.75 Å². The molecular formula is C21H29FO3. The first-order valence-electron chi connectivity index (χ1n) is 9.62. The molecule has 1 aromatic rings. The van der Waals surface area contributed by atoms with Crippen LogP contribution in [0.5, 0.6) is 5.75 Å². The second kappa shape index (κ2) is 8.79. The molecular weight excluding hydrogens is 319 g/mol. The molecule has 2 fully saturated rings. The average molecular weight is 348 g/mol. The lowest BCUT2D eigenvalue weighted by Gasteiger charge is -2.37. The van der Waals surface area contributed by atoms with Gasteiger partial charge in [-0.2, -0.15) is 0 Å². The number of esters is 1. The van der Waals surface area contributed by atoms with Crippen LogP contribution in [-0.4, -0.2) is 19.7 Å². The van der Waals surface area contributed by atoms with E-state index in [0.29, 0.717) is 5.75 Å². The molecule has 2 aliphatic carbocycles. The maximum absolute atomic E-state index is 13.2. The molecule has 0 aromatic heterocycles. The van der Waals surface area contributed by atoms with Gasteiger partial charge in [0.2, 0.25) is 0 Å². The molecule has 3 nitrogen and oxygen atoms in total. The number of methoxy groups -OCH3 is 1. The lowest BCUT2D eigenvalue weighted by Crippen LogP contribution is -2.30. The third-order valence-corrected chi connectivity index (χ3v) is 6.08. The Morgan fingerprint density at radius 3 is 2.28 bits per heavy atom. The molecule has 0 atom stereocenters. The standard InChI is InChI=1S/C21H29FO3/c1-24-14-15-5-7-16(8-6-15)17-9-11-18(12-10-17)21(23)25-20-4-2-3-19(22)13-20/h2-4,13,15-18H,5-12,14H2,1H3. The van der Waals surface area contributed by atoms with Gasteiger partial charge in [0.25, 0.3) is 0 Å². The van der Waals surface area contributed by atoms with Gasteiger partial charge in [-0.1, -0.05) is 6.07 Å². The van der Waals surface area contributed by atoms with Gasteiger partial charge in [-0.05, 0) is 81.3 Å². The minimum atomic E-state index is -0.377. The summed E-state index contributed by atoms with van der Waals surface area (Å²) >= 11 is 0. The zero-order valence-corrected chi connectivity index (χ0v) is 15.1. The Hall–Kier alpha value is -1.42. The van der Waals surface area contributed by atoms with Crippen molar-refractivity contribution >= 4 is 5.97 Å². The Morgan fingerprint density at radius 1 is 1.04 bits per heavy atom. The van der Waals surface area contributed by atoms with Crippen LogP contribution in [0.4, 0.5) is 4.39 Å². The first-order chi connectivity index (χ1) is 12.2. The topological polar surface area (TPSA) is 35.5 Å². The first kappa shape index (κ1) is 18.4. The summed E-state index contributed by atoms with van der Waals surface area (Å²) in [5.41, 5.74) is 0. The van der Waals surface area contributed by atoms with E-state index in [1.807, 2.05) is 0 Å². The highest BCUT2D eigenvalue weighted by Crippen LogP contribution is 2.41. The van der Waals surface area contributed by atoms with Crippen molar-refractivity contribution in [3.05, 3.63) is 30.1 Å². The van der Waals surface area contributed by atoms with E-state index in [2.05, 4.69) is 0 Å². The summed E-state index contributed by atoms with van der Waals surface area (Å²) in [5, 5.41) is 0. The number of rotatable bonds is 5. The molecule has 1 aromatic carbocycles. The summed E-state index contributed by atoms with van der Waals surface area (Å²) in [6.45, 7) is 0.894. The molecule has 0 aliphatic heterocycles. The van der Waals surface area contributed by atoms with Gasteiger partial charge in [-0.3, -0.25) is 4.79 Å². The van der Waals surface area contributed by atoms with Gasteiger partial charge >= 0.3 is 5.97 Å². The van der Waals surface area contributed by atoms with E-state index in [9.17, 15) is 9.18 Å². The maximum atomic E-state index is 13.2. The van der Waals surface area contributed by atoms with Crippen LogP contribution in [0.3, 0.4) is 0 Å². The normalized spacial score (nSPS) is 30.0. The van der Waals surface area contributed by atoms with Gasteiger partial charge in [0, 0.05) is 19.8 Å². The van der Waals surface area contributed by atoms with E-state index in [-0.39, 0.29) is 17.7 Å². The minimum absolute atomic E-state index is 0.0376. The quantitative estimate of drug-likeness (QED) is 0.555. The second-order valence-corrected chi connectivity index (χ2v) is 7.73. The highest BCUT2D eigenvalue weighted by atomic mass is 19.1. The third-order valence-electron chi connectivity index (χ3n) is 6.08. The SMILES string of the molecule is COCC1CCC(C2CCC(C(=O)Oc3cccc(F)c3)CC2)CC1. The van der Waals surface area contributed by atoms with Crippen molar-refractivity contribution in [2.75, 3.05) is 13.7 Å². The van der Waals surface area contributed by atoms with Crippen LogP contribution in [0, 0.1) is 29.5 Å². The molecule has 3 rings (SSSR count). The number of carbonyl (C=O) groups is 1. The highest BCUT2D eigenvalue weighted by Gasteiger charge is 2.33. The van der Waals surface area contributed by atoms with Gasteiger partial charge in [0.05, 0.1) is 5.92 Å². The molecule has 4 heteroatoms. The Morgan fingerprint density at radius 2 is 1.68 bits per heavy atom. The van der Waals surface area contributed by atoms with E-state index >= 15 is 0 Å². The van der Waals surface area contributed by atoms with Crippen LogP contribution in [0.25, 0.3) is 0 Å². The molecule has 0 unspecified atom stereocenters. The van der Waals surface area contributed by atoms with Gasteiger partial charge in [-0.25, -0.2) is 4.39 Å². The van der Waals surface area contributed by atoms with Crippen molar-refractivity contribution in [2.45, 2.75) is 51.4 Å². The fourth-order valence-corrected chi connectivity index (χ4v) is 4.62. The summed E-state index contributed by atoms with van der Waals surface area (Å²) in [6.07, 6.45) is 9.19. The van der Waals surface area contributed by atoms with Gasteiger partial charge < -0.3 is 9.47 Å². The molecule has 0 radical (unpaired) electrons. The molecule has 0 bridgehead atoms. The molecule has 2 aliphatic rings. The Bertz CT molecular complexity index is 558. The highest BCUT2D eigenvalue weighted by molar-refractivity contribution is 5.75. The maximum Gasteiger partial charge on any atom is 0.314 e. The number of halogens is 1. The summed E-state index contributed by atoms with van der Waals surface area (Å²) in [4.78, 5) is 12.3. The average Bonchev–Trinajstić information content (AvgIpc) is 2.63. The van der Waals surface area contributed by atoms with E-state index in [1.54, 1.807) is 19.2 Å². The van der Waals surface area contributed by atoms with Crippen LogP contribution in [-0.2, 0) is 9.53 Å². The predicted octanol–water partition coefficient (Wildman–Crippen LogP) is 4.99. The summed E-state index contributed by atoms with van der Waals surface area (Å²) in [5.74, 6) is 1.99. The van der Waals surface area contributed by atoms with E-state index in [0.717, 1.165) is 50.0 Å². The number of hydrogen-bond acceptors (Lipinski definition) is 3. The van der Waals surface area contributed by atoms with Crippen LogP contribution in [0.2, 0.25) is 0 Å². The molecule has 0 saturated heterocycles. The van der Waals surface area contributed by atoms with Crippen molar-refractivity contribution in [3.63, 3.8) is 0 Å². The Kier molecular flexibility index (Phi) is 6.46. The zero-order chi connectivity index (χ0) is 17.6. The predicted molar refractivity (Wildman–Crippen MR) is 94.8 cm³/mol. The number of ether oxygens (including phenoxy) is 2. The van der Waals surface area contributed by atoms with Crippen molar-refractivity contribution < 1.29 is 18.7 Å². The fourth-order valence-electron chi connectivity index (χ4n) is 4.62. The lowest BCUT2D eigenvalue weighted by molar-refractivity contribution is -0.140. The van der Waals surface area contributed by atoms with Crippen LogP contribution in [0.15, 0.2) is 24.3 Å². The second-order valence-electron chi connectivity index (χ2n) is 7.73. The molecule has 0 heterocycles. The summed E-state index contributed by atoms with van der Waals surface area (Å²) in [7, 11) is 1.79. The van der Waals surface area contributed by atoms with Crippen LogP contribution < -0.4 is 4.74 Å². The third kappa shape index (κ3) is 5.04. The van der Waals surface area contributed by atoms with Gasteiger partial charge in [0.15, 0.2) is 0 Å². The number of hydrogen-bond donors (Lipinski definition) is 0.